The molecule has 0 heterocycles. The predicted octanol–water partition coefficient (Wildman–Crippen LogP) is 6.40. The number of benzene rings is 3. The normalized spacial score (nSPS) is 19.3. The van der Waals surface area contributed by atoms with Gasteiger partial charge in [-0.1, -0.05) is 0 Å². The van der Waals surface area contributed by atoms with Gasteiger partial charge in [-0.3, -0.25) is 28.8 Å². The Hall–Kier alpha value is -7.36. The summed E-state index contributed by atoms with van der Waals surface area (Å²) in [5.41, 5.74) is 8.00. The number of rotatable bonds is 20. The molecular formula is C56H81N3O19. The third-order valence-electron chi connectivity index (χ3n) is 13.9. The van der Waals surface area contributed by atoms with Crippen LogP contribution in [0.2, 0.25) is 0 Å². The van der Waals surface area contributed by atoms with Crippen LogP contribution >= 0.6 is 0 Å². The van der Waals surface area contributed by atoms with Gasteiger partial charge in [-0.2, -0.15) is 0 Å². The first-order valence-corrected chi connectivity index (χ1v) is 26.0. The number of carbonyl (C=O) groups excluding carboxylic acids is 4. The van der Waals surface area contributed by atoms with Crippen LogP contribution in [0.4, 0.5) is 0 Å². The number of hydrogen-bond donors (Lipinski definition) is 8. The molecule has 0 saturated heterocycles. The number of hydrogen-bond acceptors (Lipinski definition) is 18. The van der Waals surface area contributed by atoms with Crippen LogP contribution in [0.15, 0.2) is 36.4 Å². The summed E-state index contributed by atoms with van der Waals surface area (Å²) in [5.74, 6) is -0.381. The number of nitrogens with two attached hydrogens (primary N) is 1. The highest BCUT2D eigenvalue weighted by Gasteiger charge is 2.29. The molecule has 0 spiro atoms. The molecule has 0 radical (unpaired) electrons. The number of aliphatic carboxylic acids is 2. The first-order chi connectivity index (χ1) is 37.2. The van der Waals surface area contributed by atoms with E-state index in [1.165, 1.54) is 47.7 Å². The third-order valence-corrected chi connectivity index (χ3v) is 13.9. The van der Waals surface area contributed by atoms with E-state index < -0.39 is 29.2 Å². The number of amides is 2. The van der Waals surface area contributed by atoms with Crippen LogP contribution < -0.4 is 44.8 Å². The Morgan fingerprint density at radius 1 is 0.462 bits per heavy atom. The molecule has 434 valence electrons. The molecule has 0 atom stereocenters. The van der Waals surface area contributed by atoms with Gasteiger partial charge in [0.15, 0.2) is 40.2 Å². The molecule has 3 aliphatic carbocycles. The number of phenols is 3. The minimum Gasteiger partial charge on any atom is -0.504 e. The number of aryl methyl sites for hydroxylation is 3. The minimum absolute atomic E-state index is 0.000256. The van der Waals surface area contributed by atoms with E-state index in [0.717, 1.165) is 62.5 Å². The largest absolute Gasteiger partial charge is 0.504 e. The second-order valence-electron chi connectivity index (χ2n) is 19.2. The number of esters is 2. The molecular weight excluding hydrogens is 1020 g/mol. The van der Waals surface area contributed by atoms with Gasteiger partial charge in [0.05, 0.1) is 74.6 Å². The number of aromatic hydroxyl groups is 3. The minimum atomic E-state index is -0.834. The molecule has 0 bridgehead atoms. The van der Waals surface area contributed by atoms with Crippen LogP contribution in [0.3, 0.4) is 0 Å². The van der Waals surface area contributed by atoms with Crippen molar-refractivity contribution < 1.29 is 92.2 Å². The number of carbonyl (C=O) groups is 6. The standard InChI is InChI=1S/C20H29NO6.C16H21NO6.C12H16O5.C8H15NO2/c1-24-16-11-13(12-17(25-2)19(16)26-3)5-10-18(22)21-15-8-6-14(7-9-15)20(23)27-4;18-12-7-9(8-13(19)15(12)21)1-6-14(20)17-11-4-2-10(3-5-11)16(22)23;1-15-9-6-8(4-5-11(13)14)7-10(16-2)12(9)17-3;1-11-8(10)6-2-4-7(9)5-3-6/h11-12,14-15H,5-10H2,1-4H3,(H,21,22);7-8,10-11,18-19,21H,1-6H2,(H,17,20)(H,22,23);6-7H,4-5H2,1-3H3,(H,13,14);6-7H,2-5,9H2,1H3. The van der Waals surface area contributed by atoms with Crippen molar-refractivity contribution in [3.8, 4) is 51.7 Å². The van der Waals surface area contributed by atoms with Crippen molar-refractivity contribution in [2.75, 3.05) is 56.9 Å². The predicted molar refractivity (Wildman–Crippen MR) is 286 cm³/mol. The lowest BCUT2D eigenvalue weighted by atomic mass is 9.86. The summed E-state index contributed by atoms with van der Waals surface area (Å²) in [5, 5.41) is 51.6. The van der Waals surface area contributed by atoms with Crippen molar-refractivity contribution in [1.29, 1.82) is 0 Å². The Bertz CT molecular complexity index is 2330. The van der Waals surface area contributed by atoms with Crippen molar-refractivity contribution in [2.45, 2.75) is 134 Å². The van der Waals surface area contributed by atoms with E-state index in [1.807, 2.05) is 12.1 Å². The topological polar surface area (TPSA) is 327 Å². The summed E-state index contributed by atoms with van der Waals surface area (Å²) < 4.78 is 41.0. The van der Waals surface area contributed by atoms with Gasteiger partial charge in [0.2, 0.25) is 23.3 Å². The third kappa shape index (κ3) is 21.2. The average Bonchev–Trinajstić information content (AvgIpc) is 3.44. The lowest BCUT2D eigenvalue weighted by Gasteiger charge is -2.27. The first kappa shape index (κ1) is 64.9. The van der Waals surface area contributed by atoms with Crippen LogP contribution in [0.25, 0.3) is 0 Å². The molecule has 3 fully saturated rings. The second kappa shape index (κ2) is 33.7. The van der Waals surface area contributed by atoms with Gasteiger partial charge in [-0.05, 0) is 149 Å². The molecule has 2 amide bonds. The van der Waals surface area contributed by atoms with Gasteiger partial charge in [0.1, 0.15) is 0 Å². The summed E-state index contributed by atoms with van der Waals surface area (Å²) in [6.07, 6.45) is 11.2. The van der Waals surface area contributed by atoms with E-state index in [-0.39, 0.29) is 66.4 Å². The van der Waals surface area contributed by atoms with E-state index in [0.29, 0.717) is 97.5 Å². The fraction of sp³-hybridized carbons (Fsp3) is 0.571. The summed E-state index contributed by atoms with van der Waals surface area (Å²) in [6.45, 7) is 0. The molecule has 22 nitrogen and oxygen atoms in total. The highest BCUT2D eigenvalue weighted by Crippen LogP contribution is 2.40. The van der Waals surface area contributed by atoms with Crippen molar-refractivity contribution in [3.63, 3.8) is 0 Å². The quantitative estimate of drug-likeness (QED) is 0.0448. The van der Waals surface area contributed by atoms with E-state index in [1.54, 1.807) is 33.5 Å². The van der Waals surface area contributed by atoms with Crippen LogP contribution in [-0.4, -0.2) is 136 Å². The lowest BCUT2D eigenvalue weighted by molar-refractivity contribution is -0.147. The lowest BCUT2D eigenvalue weighted by Crippen LogP contribution is -2.39. The van der Waals surface area contributed by atoms with Crippen LogP contribution in [-0.2, 0) is 57.5 Å². The Kier molecular flexibility index (Phi) is 28.1. The Morgan fingerprint density at radius 2 is 0.782 bits per heavy atom. The zero-order chi connectivity index (χ0) is 57.9. The molecule has 22 heteroatoms. The second-order valence-corrected chi connectivity index (χ2v) is 19.2. The SMILES string of the molecule is COC(=O)C1CCC(N)CC1.COC(=O)C1CCC(NC(=O)CCc2cc(OC)c(OC)c(OC)c2)CC1.COc1cc(CCC(=O)O)cc(OC)c1OC.O=C(CCc1cc(O)c(O)c(O)c1)NC1CCC(C(=O)O)CC1. The molecule has 3 aliphatic rings. The molecule has 9 N–H and O–H groups in total. The van der Waals surface area contributed by atoms with Gasteiger partial charge < -0.3 is 79.8 Å². The highest BCUT2D eigenvalue weighted by atomic mass is 16.5. The summed E-state index contributed by atoms with van der Waals surface area (Å²) >= 11 is 0. The van der Waals surface area contributed by atoms with Crippen molar-refractivity contribution >= 4 is 35.7 Å². The van der Waals surface area contributed by atoms with Crippen LogP contribution in [0, 0.1) is 17.8 Å². The fourth-order valence-corrected chi connectivity index (χ4v) is 9.38. The van der Waals surface area contributed by atoms with Gasteiger partial charge in [0.25, 0.3) is 0 Å². The Morgan fingerprint density at radius 3 is 1.09 bits per heavy atom. The number of methoxy groups -OCH3 is 8. The zero-order valence-electron chi connectivity index (χ0n) is 46.2. The fourth-order valence-electron chi connectivity index (χ4n) is 9.38. The van der Waals surface area contributed by atoms with Gasteiger partial charge in [-0.15, -0.1) is 0 Å². The molecule has 0 aromatic heterocycles. The van der Waals surface area contributed by atoms with Gasteiger partial charge in [-0.25, -0.2) is 0 Å². The Labute approximate surface area is 456 Å². The van der Waals surface area contributed by atoms with Crippen molar-refractivity contribution in [3.05, 3.63) is 53.1 Å². The Balaban J connectivity index is 0.000000286. The number of carboxylic acids is 2. The maximum Gasteiger partial charge on any atom is 0.308 e. The molecule has 0 aliphatic heterocycles. The molecule has 3 aromatic rings. The molecule has 0 unspecified atom stereocenters. The summed E-state index contributed by atoms with van der Waals surface area (Å²) in [7, 11) is 12.1. The molecule has 3 aromatic carbocycles. The van der Waals surface area contributed by atoms with E-state index in [2.05, 4.69) is 15.4 Å². The summed E-state index contributed by atoms with van der Waals surface area (Å²) in [4.78, 5) is 68.2. The van der Waals surface area contributed by atoms with Gasteiger partial charge in [0, 0.05) is 37.4 Å². The first-order valence-electron chi connectivity index (χ1n) is 26.0. The zero-order valence-corrected chi connectivity index (χ0v) is 46.2. The number of phenolic OH excluding ortho intramolecular Hbond substituents is 3. The molecule has 78 heavy (non-hydrogen) atoms. The highest BCUT2D eigenvalue weighted by molar-refractivity contribution is 5.77. The van der Waals surface area contributed by atoms with Crippen molar-refractivity contribution in [1.82, 2.24) is 10.6 Å². The van der Waals surface area contributed by atoms with E-state index in [4.69, 9.17) is 49.1 Å². The number of nitrogens with one attached hydrogen (secondary N) is 2. The average molecular weight is 1100 g/mol. The smallest absolute Gasteiger partial charge is 0.308 e. The monoisotopic (exact) mass is 1100 g/mol. The number of carboxylic acid groups (broad SMARTS) is 2. The maximum atomic E-state index is 12.3. The molecule has 6 rings (SSSR count). The van der Waals surface area contributed by atoms with Gasteiger partial charge >= 0.3 is 23.9 Å². The van der Waals surface area contributed by atoms with E-state index in [9.17, 15) is 44.1 Å². The maximum absolute atomic E-state index is 12.3. The van der Waals surface area contributed by atoms with Crippen LogP contribution in [0.5, 0.6) is 51.7 Å². The summed E-state index contributed by atoms with van der Waals surface area (Å²) in [6, 6.07) is 10.3. The van der Waals surface area contributed by atoms with Crippen molar-refractivity contribution in [2.24, 2.45) is 23.5 Å². The van der Waals surface area contributed by atoms with Crippen LogP contribution in [0.1, 0.15) is 113 Å². The van der Waals surface area contributed by atoms with E-state index >= 15 is 0 Å². The number of ether oxygens (including phenoxy) is 8. The molecule has 3 saturated carbocycles.